The van der Waals surface area contributed by atoms with Crippen molar-refractivity contribution in [2.75, 3.05) is 6.26 Å². The number of carbonyl (C=O) groups excluding carboxylic acids is 1. The van der Waals surface area contributed by atoms with Crippen LogP contribution < -0.4 is 0 Å². The van der Waals surface area contributed by atoms with Gasteiger partial charge in [-0.2, -0.15) is 5.10 Å². The number of aryl methyl sites for hydroxylation is 1. The number of hydrazone groups is 1. The van der Waals surface area contributed by atoms with Crippen LogP contribution in [0.5, 0.6) is 0 Å². The van der Waals surface area contributed by atoms with Crippen molar-refractivity contribution in [1.29, 1.82) is 0 Å². The number of benzene rings is 2. The van der Waals surface area contributed by atoms with Gasteiger partial charge in [-0.1, -0.05) is 42.0 Å². The lowest BCUT2D eigenvalue weighted by Crippen LogP contribution is -2.31. The van der Waals surface area contributed by atoms with E-state index >= 15 is 0 Å². The topological polar surface area (TPSA) is 97.8 Å². The van der Waals surface area contributed by atoms with Crippen molar-refractivity contribution >= 4 is 32.5 Å². The molecule has 0 unspecified atom stereocenters. The molecule has 1 atom stereocenters. The van der Waals surface area contributed by atoms with Crippen molar-refractivity contribution in [2.24, 2.45) is 5.10 Å². The van der Waals surface area contributed by atoms with Crippen LogP contribution in [0, 0.1) is 6.92 Å². The van der Waals surface area contributed by atoms with E-state index in [4.69, 9.17) is 4.42 Å². The van der Waals surface area contributed by atoms with Gasteiger partial charge in [0.05, 0.1) is 23.0 Å². The first-order chi connectivity index (χ1) is 16.3. The molecule has 9 heteroatoms. The van der Waals surface area contributed by atoms with Crippen LogP contribution in [0.25, 0.3) is 11.0 Å². The Balaban J connectivity index is 1.52. The molecule has 0 saturated carbocycles. The van der Waals surface area contributed by atoms with Gasteiger partial charge >= 0.3 is 0 Å². The molecule has 174 valence electrons. The maximum atomic E-state index is 13.6. The number of nitrogens with zero attached hydrogens (tertiary/aromatic N) is 4. The molecule has 3 heterocycles. The Labute approximate surface area is 197 Å². The van der Waals surface area contributed by atoms with Gasteiger partial charge in [-0.05, 0) is 36.8 Å². The lowest BCUT2D eigenvalue weighted by molar-refractivity contribution is -0.134. The fraction of sp³-hybridized carbons (Fsp3) is 0.240. The Morgan fingerprint density at radius 3 is 2.56 bits per heavy atom. The van der Waals surface area contributed by atoms with Gasteiger partial charge in [0.2, 0.25) is 0 Å². The maximum Gasteiger partial charge on any atom is 0.263 e. The zero-order chi connectivity index (χ0) is 23.9. The predicted octanol–water partition coefficient (Wildman–Crippen LogP) is 3.86. The maximum absolute atomic E-state index is 13.6. The molecule has 2 aromatic carbocycles. The van der Waals surface area contributed by atoms with Crippen LogP contribution in [0.1, 0.15) is 35.2 Å². The molecule has 0 radical (unpaired) electrons. The van der Waals surface area contributed by atoms with Crippen molar-refractivity contribution in [3.63, 3.8) is 0 Å². The Kier molecular flexibility index (Phi) is 5.57. The number of imidazole rings is 1. The highest BCUT2D eigenvalue weighted by Gasteiger charge is 2.35. The third-order valence-electron chi connectivity index (χ3n) is 5.84. The number of rotatable bonds is 6. The SMILES string of the molecule is Cc1ccc(C2=NN(C(=O)Cn3c(CS(C)(=O)=O)nc4ccccc43)[C@@H](c3ccco3)C2)cc1. The summed E-state index contributed by atoms with van der Waals surface area (Å²) in [6, 6.07) is 18.6. The van der Waals surface area contributed by atoms with E-state index in [-0.39, 0.29) is 24.2 Å². The summed E-state index contributed by atoms with van der Waals surface area (Å²) in [5.41, 5.74) is 4.22. The molecular weight excluding hydrogens is 452 g/mol. The lowest BCUT2D eigenvalue weighted by Gasteiger charge is -2.20. The van der Waals surface area contributed by atoms with Crippen LogP contribution in [0.3, 0.4) is 0 Å². The fourth-order valence-electron chi connectivity index (χ4n) is 4.22. The third-order valence-corrected chi connectivity index (χ3v) is 6.62. The minimum atomic E-state index is -3.35. The van der Waals surface area contributed by atoms with Gasteiger partial charge < -0.3 is 8.98 Å². The number of aromatic nitrogens is 2. The van der Waals surface area contributed by atoms with Crippen molar-refractivity contribution in [3.8, 4) is 0 Å². The monoisotopic (exact) mass is 476 g/mol. The highest BCUT2D eigenvalue weighted by atomic mass is 32.2. The number of furan rings is 1. The average Bonchev–Trinajstić information content (AvgIpc) is 3.52. The van der Waals surface area contributed by atoms with Crippen molar-refractivity contribution in [3.05, 3.63) is 89.6 Å². The molecule has 0 N–H and O–H groups in total. The molecule has 8 nitrogen and oxygen atoms in total. The molecule has 0 spiro atoms. The molecule has 1 aliphatic heterocycles. The normalized spacial score (nSPS) is 16.2. The van der Waals surface area contributed by atoms with E-state index in [2.05, 4.69) is 10.1 Å². The minimum absolute atomic E-state index is 0.0900. The van der Waals surface area contributed by atoms with E-state index in [1.165, 1.54) is 5.01 Å². The minimum Gasteiger partial charge on any atom is -0.467 e. The van der Waals surface area contributed by atoms with Gasteiger partial charge in [-0.15, -0.1) is 0 Å². The second kappa shape index (κ2) is 8.57. The van der Waals surface area contributed by atoms with Crippen LogP contribution in [0.4, 0.5) is 0 Å². The summed E-state index contributed by atoms with van der Waals surface area (Å²) in [5.74, 6) is 0.440. The summed E-state index contributed by atoms with van der Waals surface area (Å²) >= 11 is 0. The van der Waals surface area contributed by atoms with Crippen LogP contribution >= 0.6 is 0 Å². The first kappa shape index (κ1) is 22.1. The summed E-state index contributed by atoms with van der Waals surface area (Å²) in [4.78, 5) is 18.1. The number of hydrogen-bond donors (Lipinski definition) is 0. The molecule has 0 saturated heterocycles. The Morgan fingerprint density at radius 2 is 1.85 bits per heavy atom. The molecule has 2 aromatic heterocycles. The smallest absolute Gasteiger partial charge is 0.263 e. The standard InChI is InChI=1S/C25H24N4O4S/c1-17-9-11-18(12-10-17)20-14-22(23-8-5-13-33-23)29(27-20)25(30)15-28-21-7-4-3-6-19(21)26-24(28)16-34(2,31)32/h3-13,22H,14-16H2,1-2H3/t22-/m1/s1. The number of para-hydroxylation sites is 2. The molecule has 1 amide bonds. The van der Waals surface area contributed by atoms with Crippen molar-refractivity contribution < 1.29 is 17.6 Å². The van der Waals surface area contributed by atoms with Gasteiger partial charge in [0.15, 0.2) is 9.84 Å². The first-order valence-electron chi connectivity index (χ1n) is 10.9. The number of hydrogen-bond acceptors (Lipinski definition) is 6. The molecule has 1 aliphatic rings. The Morgan fingerprint density at radius 1 is 1.09 bits per heavy atom. The van der Waals surface area contributed by atoms with Gasteiger partial charge in [-0.25, -0.2) is 18.4 Å². The fourth-order valence-corrected chi connectivity index (χ4v) is 4.91. The summed E-state index contributed by atoms with van der Waals surface area (Å²) in [6.07, 6.45) is 3.25. The number of sulfone groups is 1. The van der Waals surface area contributed by atoms with Gasteiger partial charge in [-0.3, -0.25) is 4.79 Å². The summed E-state index contributed by atoms with van der Waals surface area (Å²) in [6.45, 7) is 1.93. The van der Waals surface area contributed by atoms with Crippen molar-refractivity contribution in [2.45, 2.75) is 31.7 Å². The lowest BCUT2D eigenvalue weighted by atomic mass is 10.0. The third kappa shape index (κ3) is 4.38. The Hall–Kier alpha value is -3.72. The van der Waals surface area contributed by atoms with E-state index in [0.29, 0.717) is 29.0 Å². The number of amides is 1. The van der Waals surface area contributed by atoms with Crippen molar-refractivity contribution in [1.82, 2.24) is 14.6 Å². The molecule has 5 rings (SSSR count). The van der Waals surface area contributed by atoms with E-state index in [9.17, 15) is 13.2 Å². The molecule has 4 aromatic rings. The number of fused-ring (bicyclic) bond motifs is 1. The van der Waals surface area contributed by atoms with E-state index in [1.807, 2.05) is 55.5 Å². The molecule has 34 heavy (non-hydrogen) atoms. The van der Waals surface area contributed by atoms with Crippen LogP contribution in [-0.2, 0) is 26.9 Å². The van der Waals surface area contributed by atoms with E-state index in [1.54, 1.807) is 23.0 Å². The number of carbonyl (C=O) groups is 1. The molecule has 0 bridgehead atoms. The van der Waals surface area contributed by atoms with Gasteiger partial charge in [0.1, 0.15) is 29.9 Å². The summed E-state index contributed by atoms with van der Waals surface area (Å²) < 4.78 is 31.3. The zero-order valence-corrected chi connectivity index (χ0v) is 19.7. The quantitative estimate of drug-likeness (QED) is 0.421. The molecular formula is C25H24N4O4S. The van der Waals surface area contributed by atoms with E-state index in [0.717, 1.165) is 23.1 Å². The summed E-state index contributed by atoms with van der Waals surface area (Å²) in [5, 5.41) is 6.13. The highest BCUT2D eigenvalue weighted by molar-refractivity contribution is 7.89. The van der Waals surface area contributed by atoms with Crippen LogP contribution in [0.15, 0.2) is 76.4 Å². The Bertz CT molecular complexity index is 1490. The second-order valence-corrected chi connectivity index (χ2v) is 10.7. The molecule has 0 aliphatic carbocycles. The average molecular weight is 477 g/mol. The predicted molar refractivity (Wildman–Crippen MR) is 129 cm³/mol. The summed E-state index contributed by atoms with van der Waals surface area (Å²) in [7, 11) is -3.35. The zero-order valence-electron chi connectivity index (χ0n) is 18.9. The molecule has 0 fully saturated rings. The first-order valence-corrected chi connectivity index (χ1v) is 13.0. The van der Waals surface area contributed by atoms with Crippen LogP contribution in [-0.4, -0.2) is 40.9 Å². The van der Waals surface area contributed by atoms with Gasteiger partial charge in [0, 0.05) is 12.7 Å². The largest absolute Gasteiger partial charge is 0.467 e. The highest BCUT2D eigenvalue weighted by Crippen LogP contribution is 2.33. The van der Waals surface area contributed by atoms with Gasteiger partial charge in [0.25, 0.3) is 5.91 Å². The van der Waals surface area contributed by atoms with Crippen LogP contribution in [0.2, 0.25) is 0 Å². The second-order valence-electron chi connectivity index (χ2n) is 8.56. The van der Waals surface area contributed by atoms with E-state index < -0.39 is 9.84 Å².